The van der Waals surface area contributed by atoms with Crippen molar-refractivity contribution in [1.82, 2.24) is 0 Å². The second kappa shape index (κ2) is 4.86. The molecule has 0 saturated carbocycles. The van der Waals surface area contributed by atoms with Crippen LogP contribution in [-0.2, 0) is 4.74 Å². The van der Waals surface area contributed by atoms with E-state index in [1.54, 1.807) is 12.3 Å². The average molecular weight is 304 g/mol. The highest BCUT2D eigenvalue weighted by Crippen LogP contribution is 2.38. The zero-order chi connectivity index (χ0) is 14.6. The van der Waals surface area contributed by atoms with Gasteiger partial charge in [-0.1, -0.05) is 0 Å². The van der Waals surface area contributed by atoms with Crippen LogP contribution in [0.25, 0.3) is 21.9 Å². The van der Waals surface area contributed by atoms with Crippen molar-refractivity contribution in [2.45, 2.75) is 25.6 Å². The number of benzene rings is 1. The van der Waals surface area contributed by atoms with Crippen LogP contribution in [0.5, 0.6) is 5.75 Å². The second-order valence-corrected chi connectivity index (χ2v) is 5.74. The normalized spacial score (nSPS) is 19.1. The average Bonchev–Trinajstić information content (AvgIpc) is 2.85. The Balaban J connectivity index is 0.00000144. The summed E-state index contributed by atoms with van der Waals surface area (Å²) in [5, 5.41) is 1.71. The quantitative estimate of drug-likeness (QED) is 0.546. The van der Waals surface area contributed by atoms with Gasteiger partial charge in [-0.3, -0.25) is 0 Å². The topological polar surface area (TPSA) is 96.6 Å². The lowest BCUT2D eigenvalue weighted by molar-refractivity contribution is 0.254. The van der Waals surface area contributed by atoms with E-state index in [4.69, 9.17) is 18.3 Å². The van der Waals surface area contributed by atoms with Crippen molar-refractivity contribution in [2.75, 3.05) is 6.61 Å². The predicted molar refractivity (Wildman–Crippen MR) is 80.3 cm³/mol. The molecule has 1 aromatic carbocycles. The van der Waals surface area contributed by atoms with Gasteiger partial charge in [0.25, 0.3) is 0 Å². The number of hydrogen-bond donors (Lipinski definition) is 0. The van der Waals surface area contributed by atoms with Gasteiger partial charge in [-0.25, -0.2) is 4.79 Å². The third kappa shape index (κ3) is 2.26. The molecule has 0 radical (unpaired) electrons. The van der Waals surface area contributed by atoms with Gasteiger partial charge in [-0.2, -0.15) is 0 Å². The molecule has 3 aromatic rings. The molecule has 1 unspecified atom stereocenters. The van der Waals surface area contributed by atoms with Crippen LogP contribution in [0, 0.1) is 0 Å². The van der Waals surface area contributed by atoms with Crippen LogP contribution in [0.15, 0.2) is 44.2 Å². The molecule has 1 aliphatic rings. The highest BCUT2D eigenvalue weighted by atomic mass is 16.6. The Morgan fingerprint density at radius 2 is 1.91 bits per heavy atom. The molecule has 116 valence electrons. The summed E-state index contributed by atoms with van der Waals surface area (Å²) in [6.07, 6.45) is 1.62. The minimum Gasteiger partial charge on any atom is -0.483 e. The monoisotopic (exact) mass is 304 g/mol. The SMILES string of the molecule is CC1(C)OC1COc1c2occc2cc2ccc(=O)oc12.O. The number of furan rings is 1. The molecule has 1 aliphatic heterocycles. The first-order valence-corrected chi connectivity index (χ1v) is 6.79. The maximum Gasteiger partial charge on any atom is 0.336 e. The highest BCUT2D eigenvalue weighted by Gasteiger charge is 2.48. The van der Waals surface area contributed by atoms with Crippen molar-refractivity contribution in [1.29, 1.82) is 0 Å². The largest absolute Gasteiger partial charge is 0.483 e. The summed E-state index contributed by atoms with van der Waals surface area (Å²) in [4.78, 5) is 11.5. The molecule has 1 saturated heterocycles. The Hall–Kier alpha value is -2.31. The zero-order valence-electron chi connectivity index (χ0n) is 12.2. The number of ether oxygens (including phenoxy) is 2. The van der Waals surface area contributed by atoms with Gasteiger partial charge >= 0.3 is 5.63 Å². The van der Waals surface area contributed by atoms with Crippen molar-refractivity contribution in [2.24, 2.45) is 0 Å². The minimum atomic E-state index is -0.416. The smallest absolute Gasteiger partial charge is 0.336 e. The molecule has 0 bridgehead atoms. The van der Waals surface area contributed by atoms with Gasteiger partial charge in [0.15, 0.2) is 11.2 Å². The summed E-state index contributed by atoms with van der Waals surface area (Å²) < 4.78 is 22.1. The molecule has 3 heterocycles. The van der Waals surface area contributed by atoms with E-state index in [9.17, 15) is 4.79 Å². The molecule has 1 fully saturated rings. The second-order valence-electron chi connectivity index (χ2n) is 5.74. The summed E-state index contributed by atoms with van der Waals surface area (Å²) in [5.74, 6) is 0.455. The van der Waals surface area contributed by atoms with E-state index in [1.807, 2.05) is 26.0 Å². The first-order valence-electron chi connectivity index (χ1n) is 6.79. The molecular formula is C16H16O6. The van der Waals surface area contributed by atoms with Gasteiger partial charge in [-0.05, 0) is 32.0 Å². The molecule has 4 rings (SSSR count). The summed E-state index contributed by atoms with van der Waals surface area (Å²) in [7, 11) is 0. The maximum absolute atomic E-state index is 11.5. The molecule has 6 nitrogen and oxygen atoms in total. The van der Waals surface area contributed by atoms with Crippen molar-refractivity contribution in [3.63, 3.8) is 0 Å². The molecular weight excluding hydrogens is 288 g/mol. The van der Waals surface area contributed by atoms with Gasteiger partial charge < -0.3 is 23.8 Å². The standard InChI is InChI=1S/C16H14O5.H2O/c1-16(2)11(21-16)8-19-15-13-10(5-6-18-13)7-9-3-4-12(17)20-14(9)15;/h3-7,11H,8H2,1-2H3;1H2. The molecule has 2 N–H and O–H groups in total. The van der Waals surface area contributed by atoms with Crippen molar-refractivity contribution < 1.29 is 23.8 Å². The lowest BCUT2D eigenvalue weighted by Crippen LogP contribution is -2.12. The van der Waals surface area contributed by atoms with Crippen LogP contribution >= 0.6 is 0 Å². The number of fused-ring (bicyclic) bond motifs is 2. The fourth-order valence-electron chi connectivity index (χ4n) is 2.46. The predicted octanol–water partition coefficient (Wildman–Crippen LogP) is 2.27. The first-order chi connectivity index (χ1) is 10.0. The molecule has 1 atom stereocenters. The van der Waals surface area contributed by atoms with Crippen LogP contribution in [-0.4, -0.2) is 23.8 Å². The van der Waals surface area contributed by atoms with Crippen LogP contribution in [0.3, 0.4) is 0 Å². The van der Waals surface area contributed by atoms with Crippen molar-refractivity contribution in [3.8, 4) is 5.75 Å². The Labute approximate surface area is 125 Å². The van der Waals surface area contributed by atoms with E-state index in [1.165, 1.54) is 6.07 Å². The maximum atomic E-state index is 11.5. The van der Waals surface area contributed by atoms with Gasteiger partial charge in [0.1, 0.15) is 12.7 Å². The summed E-state index contributed by atoms with van der Waals surface area (Å²) in [6.45, 7) is 4.40. The molecule has 0 aliphatic carbocycles. The minimum absolute atomic E-state index is 0. The molecule has 22 heavy (non-hydrogen) atoms. The molecule has 0 spiro atoms. The zero-order valence-corrected chi connectivity index (χ0v) is 12.2. The van der Waals surface area contributed by atoms with Crippen molar-refractivity contribution in [3.05, 3.63) is 40.9 Å². The third-order valence-corrected chi connectivity index (χ3v) is 3.83. The summed E-state index contributed by atoms with van der Waals surface area (Å²) in [6, 6.07) is 6.87. The fourth-order valence-corrected chi connectivity index (χ4v) is 2.46. The molecule has 6 heteroatoms. The number of rotatable bonds is 3. The Bertz CT molecular complexity index is 888. The van der Waals surface area contributed by atoms with E-state index in [0.29, 0.717) is 23.5 Å². The number of hydrogen-bond acceptors (Lipinski definition) is 5. The van der Waals surface area contributed by atoms with Gasteiger partial charge in [0.05, 0.1) is 11.9 Å². The van der Waals surface area contributed by atoms with E-state index < -0.39 is 5.63 Å². The Morgan fingerprint density at radius 1 is 1.18 bits per heavy atom. The van der Waals surface area contributed by atoms with Crippen LogP contribution in [0.1, 0.15) is 13.8 Å². The molecule has 0 amide bonds. The number of epoxide rings is 1. The highest BCUT2D eigenvalue weighted by molar-refractivity contribution is 5.99. The van der Waals surface area contributed by atoms with Crippen LogP contribution < -0.4 is 10.4 Å². The van der Waals surface area contributed by atoms with E-state index in [-0.39, 0.29) is 17.2 Å². The van der Waals surface area contributed by atoms with Gasteiger partial charge in [0.2, 0.25) is 5.75 Å². The van der Waals surface area contributed by atoms with E-state index in [0.717, 1.165) is 10.8 Å². The van der Waals surface area contributed by atoms with Crippen LogP contribution in [0.4, 0.5) is 0 Å². The lowest BCUT2D eigenvalue weighted by Gasteiger charge is -2.08. The fraction of sp³-hybridized carbons (Fsp3) is 0.312. The summed E-state index contributed by atoms with van der Waals surface area (Å²) in [5.41, 5.74) is 0.410. The van der Waals surface area contributed by atoms with E-state index in [2.05, 4.69) is 0 Å². The first kappa shape index (κ1) is 14.6. The van der Waals surface area contributed by atoms with Crippen molar-refractivity contribution >= 4 is 21.9 Å². The van der Waals surface area contributed by atoms with E-state index >= 15 is 0 Å². The Kier molecular flexibility index (Phi) is 3.23. The molecule has 2 aromatic heterocycles. The van der Waals surface area contributed by atoms with Crippen LogP contribution in [0.2, 0.25) is 0 Å². The Morgan fingerprint density at radius 3 is 2.64 bits per heavy atom. The van der Waals surface area contributed by atoms with Gasteiger partial charge in [0, 0.05) is 16.8 Å². The lowest BCUT2D eigenvalue weighted by atomic mass is 10.1. The summed E-state index contributed by atoms with van der Waals surface area (Å²) >= 11 is 0. The third-order valence-electron chi connectivity index (χ3n) is 3.83. The van der Waals surface area contributed by atoms with Gasteiger partial charge in [-0.15, -0.1) is 0 Å².